The smallest absolute Gasteiger partial charge is 0.198 e. The van der Waals surface area contributed by atoms with Gasteiger partial charge in [0.15, 0.2) is 12.1 Å². The van der Waals surface area contributed by atoms with Crippen molar-refractivity contribution in [3.8, 4) is 0 Å². The Hall–Kier alpha value is -0.970. The van der Waals surface area contributed by atoms with E-state index in [2.05, 4.69) is 22.8 Å². The van der Waals surface area contributed by atoms with Crippen LogP contribution in [0.4, 0.5) is 0 Å². The van der Waals surface area contributed by atoms with Gasteiger partial charge in [-0.05, 0) is 13.3 Å². The SMILES string of the molecule is CC1ON=C(C2=CCC(S)C=N2)N1C. The van der Waals surface area contributed by atoms with E-state index in [1.165, 1.54) is 0 Å². The molecule has 0 amide bonds. The van der Waals surface area contributed by atoms with E-state index >= 15 is 0 Å². The van der Waals surface area contributed by atoms with Crippen molar-refractivity contribution in [2.75, 3.05) is 7.05 Å². The average Bonchev–Trinajstić information content (AvgIpc) is 2.50. The lowest BCUT2D eigenvalue weighted by Gasteiger charge is -2.18. The largest absolute Gasteiger partial charge is 0.369 e. The van der Waals surface area contributed by atoms with Crippen LogP contribution in [0, 0.1) is 0 Å². The summed E-state index contributed by atoms with van der Waals surface area (Å²) < 4.78 is 0. The molecule has 0 radical (unpaired) electrons. The lowest BCUT2D eigenvalue weighted by atomic mass is 10.2. The van der Waals surface area contributed by atoms with Gasteiger partial charge in [-0.25, -0.2) is 0 Å². The highest BCUT2D eigenvalue weighted by Crippen LogP contribution is 2.19. The minimum Gasteiger partial charge on any atom is -0.369 e. The van der Waals surface area contributed by atoms with Crippen LogP contribution in [0.3, 0.4) is 0 Å². The first kappa shape index (κ1) is 9.58. The predicted molar refractivity (Wildman–Crippen MR) is 59.7 cm³/mol. The maximum Gasteiger partial charge on any atom is 0.198 e. The van der Waals surface area contributed by atoms with Crippen LogP contribution in [-0.2, 0) is 4.84 Å². The number of hydrogen-bond acceptors (Lipinski definition) is 5. The molecule has 0 spiro atoms. The third-order valence-electron chi connectivity index (χ3n) is 2.34. The maximum absolute atomic E-state index is 5.14. The first-order valence-corrected chi connectivity index (χ1v) is 5.09. The fourth-order valence-corrected chi connectivity index (χ4v) is 1.49. The van der Waals surface area contributed by atoms with Crippen molar-refractivity contribution < 1.29 is 4.84 Å². The van der Waals surface area contributed by atoms with Gasteiger partial charge in [-0.3, -0.25) is 4.99 Å². The first-order valence-electron chi connectivity index (χ1n) is 4.58. The number of hydrogen-bond donors (Lipinski definition) is 1. The summed E-state index contributed by atoms with van der Waals surface area (Å²) in [6.07, 6.45) is 4.75. The normalized spacial score (nSPS) is 31.2. The molecule has 0 saturated heterocycles. The fraction of sp³-hybridized carbons (Fsp3) is 0.556. The number of thiol groups is 1. The Labute approximate surface area is 88.7 Å². The molecular formula is C9H13N3OS. The maximum atomic E-state index is 5.14. The van der Waals surface area contributed by atoms with Crippen LogP contribution >= 0.6 is 12.6 Å². The zero-order chi connectivity index (χ0) is 10.1. The molecular weight excluding hydrogens is 198 g/mol. The van der Waals surface area contributed by atoms with E-state index in [4.69, 9.17) is 4.84 Å². The van der Waals surface area contributed by atoms with Crippen molar-refractivity contribution in [3.05, 3.63) is 11.8 Å². The molecule has 0 fully saturated rings. The average molecular weight is 211 g/mol. The molecule has 0 aromatic heterocycles. The predicted octanol–water partition coefficient (Wildman–Crippen LogP) is 1.26. The fourth-order valence-electron chi connectivity index (χ4n) is 1.32. The molecule has 0 aromatic rings. The van der Waals surface area contributed by atoms with E-state index < -0.39 is 0 Å². The molecule has 2 heterocycles. The van der Waals surface area contributed by atoms with Crippen molar-refractivity contribution in [2.24, 2.45) is 10.1 Å². The quantitative estimate of drug-likeness (QED) is 0.663. The highest BCUT2D eigenvalue weighted by Gasteiger charge is 2.25. The Morgan fingerprint density at radius 1 is 1.64 bits per heavy atom. The Morgan fingerprint density at radius 3 is 2.93 bits per heavy atom. The van der Waals surface area contributed by atoms with Crippen LogP contribution in [0.2, 0.25) is 0 Å². The van der Waals surface area contributed by atoms with E-state index in [0.29, 0.717) is 0 Å². The third kappa shape index (κ3) is 1.64. The molecule has 2 unspecified atom stereocenters. The summed E-state index contributed by atoms with van der Waals surface area (Å²) in [5, 5.41) is 4.21. The summed E-state index contributed by atoms with van der Waals surface area (Å²) in [6.45, 7) is 1.95. The number of nitrogens with zero attached hydrogens (tertiary/aromatic N) is 3. The molecule has 14 heavy (non-hydrogen) atoms. The van der Waals surface area contributed by atoms with Gasteiger partial charge >= 0.3 is 0 Å². The summed E-state index contributed by atoms with van der Waals surface area (Å²) in [7, 11) is 1.94. The van der Waals surface area contributed by atoms with Gasteiger partial charge in [0.05, 0.1) is 0 Å². The van der Waals surface area contributed by atoms with Gasteiger partial charge in [0.2, 0.25) is 0 Å². The minimum absolute atomic E-state index is 0.00479. The summed E-state index contributed by atoms with van der Waals surface area (Å²) in [6, 6.07) is 0. The van der Waals surface area contributed by atoms with Crippen LogP contribution in [0.5, 0.6) is 0 Å². The van der Waals surface area contributed by atoms with Gasteiger partial charge in [0.25, 0.3) is 0 Å². The van der Waals surface area contributed by atoms with E-state index in [0.717, 1.165) is 18.0 Å². The Kier molecular flexibility index (Phi) is 2.50. The van der Waals surface area contributed by atoms with Crippen molar-refractivity contribution in [1.29, 1.82) is 0 Å². The second kappa shape index (κ2) is 3.65. The van der Waals surface area contributed by atoms with Gasteiger partial charge in [-0.2, -0.15) is 12.6 Å². The Morgan fingerprint density at radius 2 is 2.43 bits per heavy atom. The zero-order valence-electron chi connectivity index (χ0n) is 8.21. The Balaban J connectivity index is 2.14. The molecule has 4 nitrogen and oxygen atoms in total. The van der Waals surface area contributed by atoms with Crippen LogP contribution in [0.25, 0.3) is 0 Å². The number of likely N-dealkylation sites (N-methyl/N-ethyl adjacent to an activating group) is 1. The number of amidine groups is 1. The van der Waals surface area contributed by atoms with Crippen molar-refractivity contribution >= 4 is 24.7 Å². The molecule has 0 aromatic carbocycles. The van der Waals surface area contributed by atoms with Crippen LogP contribution in [0.15, 0.2) is 21.9 Å². The molecule has 2 aliphatic heterocycles. The van der Waals surface area contributed by atoms with E-state index in [1.54, 1.807) is 0 Å². The lowest BCUT2D eigenvalue weighted by molar-refractivity contribution is 0.0353. The monoisotopic (exact) mass is 211 g/mol. The molecule has 0 N–H and O–H groups in total. The van der Waals surface area contributed by atoms with Gasteiger partial charge in [-0.15, -0.1) is 0 Å². The highest BCUT2D eigenvalue weighted by atomic mass is 32.1. The van der Waals surface area contributed by atoms with Gasteiger partial charge in [-0.1, -0.05) is 11.2 Å². The van der Waals surface area contributed by atoms with E-state index in [1.807, 2.05) is 31.2 Å². The second-order valence-electron chi connectivity index (χ2n) is 3.40. The van der Waals surface area contributed by atoms with Crippen molar-refractivity contribution in [2.45, 2.75) is 24.8 Å². The number of oxime groups is 1. The van der Waals surface area contributed by atoms with Gasteiger partial charge < -0.3 is 9.74 Å². The first-order chi connectivity index (χ1) is 6.68. The molecule has 0 saturated carbocycles. The topological polar surface area (TPSA) is 37.2 Å². The number of allylic oxidation sites excluding steroid dienone is 1. The van der Waals surface area contributed by atoms with Crippen LogP contribution in [0.1, 0.15) is 13.3 Å². The van der Waals surface area contributed by atoms with Crippen molar-refractivity contribution in [3.63, 3.8) is 0 Å². The Bertz CT molecular complexity index is 324. The molecule has 2 atom stereocenters. The minimum atomic E-state index is -0.00479. The third-order valence-corrected chi connectivity index (χ3v) is 2.68. The van der Waals surface area contributed by atoms with E-state index in [-0.39, 0.29) is 11.5 Å². The van der Waals surface area contributed by atoms with E-state index in [9.17, 15) is 0 Å². The second-order valence-corrected chi connectivity index (χ2v) is 4.06. The molecule has 2 rings (SSSR count). The van der Waals surface area contributed by atoms with Gasteiger partial charge in [0, 0.05) is 18.5 Å². The molecule has 5 heteroatoms. The van der Waals surface area contributed by atoms with Crippen LogP contribution < -0.4 is 0 Å². The molecule has 2 aliphatic rings. The summed E-state index contributed by atoms with van der Waals surface area (Å²) >= 11 is 4.31. The molecule has 0 aliphatic carbocycles. The van der Waals surface area contributed by atoms with Crippen molar-refractivity contribution in [1.82, 2.24) is 4.90 Å². The summed E-state index contributed by atoms with van der Waals surface area (Å²) in [4.78, 5) is 11.4. The van der Waals surface area contributed by atoms with Gasteiger partial charge in [0.1, 0.15) is 5.70 Å². The molecule has 0 bridgehead atoms. The van der Waals surface area contributed by atoms with Crippen LogP contribution in [-0.4, -0.2) is 35.5 Å². The summed E-state index contributed by atoms with van der Waals surface area (Å²) in [5.74, 6) is 0.800. The lowest BCUT2D eigenvalue weighted by Crippen LogP contribution is -2.31. The highest BCUT2D eigenvalue weighted by molar-refractivity contribution is 7.81. The number of rotatable bonds is 1. The standard InChI is InChI=1S/C9H13N3OS/c1-6-12(2)9(11-13-6)8-4-3-7(14)5-10-8/h4-7,14H,3H2,1-2H3. The molecule has 76 valence electrons. The zero-order valence-corrected chi connectivity index (χ0v) is 9.11. The number of aliphatic imine (C=N–C) groups is 1. The summed E-state index contributed by atoms with van der Waals surface area (Å²) in [5.41, 5.74) is 0.877.